The van der Waals surface area contributed by atoms with Gasteiger partial charge in [0.25, 0.3) is 5.56 Å². The van der Waals surface area contributed by atoms with Gasteiger partial charge in [0.05, 0.1) is 17.6 Å². The first-order valence-corrected chi connectivity index (χ1v) is 10.9. The average molecular weight is 409 g/mol. The highest BCUT2D eigenvalue weighted by atomic mass is 16.1. The summed E-state index contributed by atoms with van der Waals surface area (Å²) in [7, 11) is 0. The summed E-state index contributed by atoms with van der Waals surface area (Å²) in [5.74, 6) is 0.770. The molecular formula is C25H23N5O. The van der Waals surface area contributed by atoms with Gasteiger partial charge in [-0.25, -0.2) is 15.0 Å². The molecule has 6 nitrogen and oxygen atoms in total. The minimum atomic E-state index is 0.00999. The van der Waals surface area contributed by atoms with E-state index in [2.05, 4.69) is 12.1 Å². The monoisotopic (exact) mass is 409 g/mol. The Morgan fingerprint density at radius 2 is 1.55 bits per heavy atom. The summed E-state index contributed by atoms with van der Waals surface area (Å²) < 4.78 is 3.95. The molecule has 0 saturated heterocycles. The maximum absolute atomic E-state index is 13.8. The highest BCUT2D eigenvalue weighted by molar-refractivity contribution is 6.04. The molecule has 0 bridgehead atoms. The molecule has 0 amide bonds. The van der Waals surface area contributed by atoms with Gasteiger partial charge in [0.2, 0.25) is 0 Å². The van der Waals surface area contributed by atoms with Crippen molar-refractivity contribution < 1.29 is 0 Å². The van der Waals surface area contributed by atoms with Crippen LogP contribution in [-0.4, -0.2) is 24.1 Å². The maximum Gasteiger partial charge on any atom is 0.265 e. The number of aryl methyl sites for hydroxylation is 1. The molecule has 1 saturated carbocycles. The Morgan fingerprint density at radius 3 is 2.29 bits per heavy atom. The first kappa shape index (κ1) is 18.2. The van der Waals surface area contributed by atoms with E-state index in [-0.39, 0.29) is 11.6 Å². The van der Waals surface area contributed by atoms with Crippen molar-refractivity contribution in [3.8, 4) is 0 Å². The number of nitrogens with zero attached hydrogens (tertiary/aromatic N) is 5. The Balaban J connectivity index is 1.72. The number of hydrogen-bond acceptors (Lipinski definition) is 4. The van der Waals surface area contributed by atoms with Gasteiger partial charge in [0, 0.05) is 6.04 Å². The predicted octanol–water partition coefficient (Wildman–Crippen LogP) is 4.77. The number of hydrogen-bond donors (Lipinski definition) is 0. The summed E-state index contributed by atoms with van der Waals surface area (Å²) in [6.45, 7) is 2.54. The van der Waals surface area contributed by atoms with Crippen molar-refractivity contribution in [3.63, 3.8) is 0 Å². The summed E-state index contributed by atoms with van der Waals surface area (Å²) in [6.07, 6.45) is 4.39. The van der Waals surface area contributed by atoms with E-state index < -0.39 is 0 Å². The van der Waals surface area contributed by atoms with Crippen LogP contribution in [0.5, 0.6) is 0 Å². The van der Waals surface area contributed by atoms with E-state index in [9.17, 15) is 4.79 Å². The number of para-hydroxylation sites is 2. The standard InChI is InChI=1S/C25H23N5O/c1-16-26-23-21(25(31)30(16)18-11-5-6-12-18)22-24(28-20-14-8-7-13-19(20)27-22)29(23)15-17-9-3-2-4-10-17/h2-4,7-10,13-14,18H,5-6,11-12,15H2,1H3. The molecule has 1 fully saturated rings. The van der Waals surface area contributed by atoms with E-state index >= 15 is 0 Å². The van der Waals surface area contributed by atoms with Crippen LogP contribution in [0.25, 0.3) is 33.2 Å². The molecule has 0 N–H and O–H groups in total. The van der Waals surface area contributed by atoms with Gasteiger partial charge >= 0.3 is 0 Å². The molecule has 2 aromatic carbocycles. The summed E-state index contributed by atoms with van der Waals surface area (Å²) in [5.41, 5.74) is 4.79. The van der Waals surface area contributed by atoms with Crippen molar-refractivity contribution in [3.05, 3.63) is 76.3 Å². The molecule has 1 aliphatic carbocycles. The highest BCUT2D eigenvalue weighted by Gasteiger charge is 2.25. The molecular weight excluding hydrogens is 386 g/mol. The molecule has 5 aromatic rings. The van der Waals surface area contributed by atoms with E-state index in [0.29, 0.717) is 28.7 Å². The second-order valence-corrected chi connectivity index (χ2v) is 8.43. The zero-order chi connectivity index (χ0) is 20.9. The lowest BCUT2D eigenvalue weighted by molar-refractivity contribution is 0.485. The van der Waals surface area contributed by atoms with Crippen LogP contribution < -0.4 is 5.56 Å². The Labute approximate surface area is 179 Å². The first-order chi connectivity index (χ1) is 15.2. The Kier molecular flexibility index (Phi) is 4.13. The van der Waals surface area contributed by atoms with Crippen molar-refractivity contribution in [2.75, 3.05) is 0 Å². The normalized spacial score (nSPS) is 14.9. The molecule has 154 valence electrons. The minimum Gasteiger partial charge on any atom is -0.304 e. The third kappa shape index (κ3) is 2.86. The summed E-state index contributed by atoms with van der Waals surface area (Å²) in [6, 6.07) is 18.3. The van der Waals surface area contributed by atoms with Crippen molar-refractivity contribution in [1.29, 1.82) is 0 Å². The molecule has 31 heavy (non-hydrogen) atoms. The minimum absolute atomic E-state index is 0.00999. The topological polar surface area (TPSA) is 65.6 Å². The van der Waals surface area contributed by atoms with Gasteiger partial charge in [0.15, 0.2) is 11.3 Å². The highest BCUT2D eigenvalue weighted by Crippen LogP contribution is 2.31. The second kappa shape index (κ2) is 7.01. The van der Waals surface area contributed by atoms with Crippen molar-refractivity contribution in [2.24, 2.45) is 0 Å². The van der Waals surface area contributed by atoms with Crippen LogP contribution in [-0.2, 0) is 6.54 Å². The summed E-state index contributed by atoms with van der Waals surface area (Å²) in [5, 5.41) is 0.585. The van der Waals surface area contributed by atoms with Gasteiger partial charge in [-0.2, -0.15) is 0 Å². The maximum atomic E-state index is 13.8. The Bertz CT molecular complexity index is 1490. The molecule has 1 aliphatic rings. The van der Waals surface area contributed by atoms with Crippen molar-refractivity contribution in [1.82, 2.24) is 24.1 Å². The number of benzene rings is 2. The Morgan fingerprint density at radius 1 is 0.871 bits per heavy atom. The molecule has 0 unspecified atom stereocenters. The molecule has 3 heterocycles. The lowest BCUT2D eigenvalue weighted by Crippen LogP contribution is -2.27. The van der Waals surface area contributed by atoms with E-state index in [1.54, 1.807) is 0 Å². The predicted molar refractivity (Wildman–Crippen MR) is 122 cm³/mol. The van der Waals surface area contributed by atoms with Gasteiger partial charge < -0.3 is 4.57 Å². The van der Waals surface area contributed by atoms with Crippen LogP contribution in [0.1, 0.15) is 43.1 Å². The number of rotatable bonds is 3. The third-order valence-electron chi connectivity index (χ3n) is 6.45. The van der Waals surface area contributed by atoms with Crippen LogP contribution in [0.15, 0.2) is 59.4 Å². The Hall–Kier alpha value is -3.54. The van der Waals surface area contributed by atoms with E-state index in [4.69, 9.17) is 15.0 Å². The van der Waals surface area contributed by atoms with Crippen LogP contribution in [0.2, 0.25) is 0 Å². The molecule has 0 aliphatic heterocycles. The van der Waals surface area contributed by atoms with Crippen LogP contribution in [0, 0.1) is 6.92 Å². The zero-order valence-corrected chi connectivity index (χ0v) is 17.5. The van der Waals surface area contributed by atoms with E-state index in [0.717, 1.165) is 48.1 Å². The smallest absolute Gasteiger partial charge is 0.265 e. The average Bonchev–Trinajstić information content (AvgIpc) is 3.40. The van der Waals surface area contributed by atoms with Gasteiger partial charge in [-0.3, -0.25) is 9.36 Å². The SMILES string of the molecule is Cc1nc2c(c(=O)n1C1CCCC1)c1nc3ccccc3nc1n2Cc1ccccc1. The van der Waals surface area contributed by atoms with Gasteiger partial charge in [0.1, 0.15) is 16.7 Å². The number of aromatic nitrogens is 5. The fourth-order valence-corrected chi connectivity index (χ4v) is 4.98. The lowest BCUT2D eigenvalue weighted by atomic mass is 10.2. The van der Waals surface area contributed by atoms with E-state index in [1.165, 1.54) is 0 Å². The molecule has 6 rings (SSSR count). The van der Waals surface area contributed by atoms with Crippen molar-refractivity contribution in [2.45, 2.75) is 45.2 Å². The first-order valence-electron chi connectivity index (χ1n) is 10.9. The third-order valence-corrected chi connectivity index (χ3v) is 6.45. The second-order valence-electron chi connectivity index (χ2n) is 8.43. The van der Waals surface area contributed by atoms with E-state index in [1.807, 2.05) is 58.5 Å². The quantitative estimate of drug-likeness (QED) is 0.431. The fraction of sp³-hybridized carbons (Fsp3) is 0.280. The van der Waals surface area contributed by atoms with Gasteiger partial charge in [-0.1, -0.05) is 55.3 Å². The number of fused-ring (bicyclic) bond motifs is 4. The largest absolute Gasteiger partial charge is 0.304 e. The molecule has 0 radical (unpaired) electrons. The molecule has 3 aromatic heterocycles. The van der Waals surface area contributed by atoms with Crippen LogP contribution in [0.3, 0.4) is 0 Å². The lowest BCUT2D eigenvalue weighted by Gasteiger charge is -2.16. The van der Waals surface area contributed by atoms with Crippen LogP contribution in [0.4, 0.5) is 0 Å². The van der Waals surface area contributed by atoms with Gasteiger partial charge in [-0.05, 0) is 37.5 Å². The summed E-state index contributed by atoms with van der Waals surface area (Å²) >= 11 is 0. The van der Waals surface area contributed by atoms with Gasteiger partial charge in [-0.15, -0.1) is 0 Å². The molecule has 0 atom stereocenters. The molecule has 6 heteroatoms. The zero-order valence-electron chi connectivity index (χ0n) is 17.5. The summed E-state index contributed by atoms with van der Waals surface area (Å²) in [4.78, 5) is 28.6. The molecule has 0 spiro atoms. The van der Waals surface area contributed by atoms with Crippen LogP contribution >= 0.6 is 0 Å². The fourth-order valence-electron chi connectivity index (χ4n) is 4.98. The van der Waals surface area contributed by atoms with Crippen molar-refractivity contribution >= 4 is 33.2 Å².